The number of aryl methyl sites for hydroxylation is 1. The van der Waals surface area contributed by atoms with E-state index >= 15 is 0 Å². The third-order valence-electron chi connectivity index (χ3n) is 1.88. The van der Waals surface area contributed by atoms with Crippen molar-refractivity contribution in [2.24, 2.45) is 0 Å². The van der Waals surface area contributed by atoms with Crippen LogP contribution >= 0.6 is 11.6 Å². The maximum atomic E-state index is 5.56. The standard InChI is InChI=1S/C12H15Cl/c1-11-6-5-8-12(10-11)7-3-2-4-9-13/h2-3,5-6,8,10H,4,7,9H2,1H3. The van der Waals surface area contributed by atoms with Crippen molar-refractivity contribution in [3.63, 3.8) is 0 Å². The summed E-state index contributed by atoms with van der Waals surface area (Å²) in [4.78, 5) is 0. The van der Waals surface area contributed by atoms with E-state index in [4.69, 9.17) is 11.6 Å². The van der Waals surface area contributed by atoms with Crippen LogP contribution in [0.3, 0.4) is 0 Å². The van der Waals surface area contributed by atoms with Crippen LogP contribution < -0.4 is 0 Å². The molecule has 0 fully saturated rings. The molecular weight excluding hydrogens is 180 g/mol. The van der Waals surface area contributed by atoms with Gasteiger partial charge in [0.05, 0.1) is 0 Å². The topological polar surface area (TPSA) is 0 Å². The summed E-state index contributed by atoms with van der Waals surface area (Å²) < 4.78 is 0. The first-order chi connectivity index (χ1) is 6.33. The first-order valence-electron chi connectivity index (χ1n) is 4.59. The van der Waals surface area contributed by atoms with Crippen molar-refractivity contribution in [1.82, 2.24) is 0 Å². The Bertz CT molecular complexity index is 276. The molecule has 1 heteroatoms. The fourth-order valence-corrected chi connectivity index (χ4v) is 1.37. The number of rotatable bonds is 4. The Balaban J connectivity index is 2.45. The summed E-state index contributed by atoms with van der Waals surface area (Å²) in [7, 11) is 0. The predicted molar refractivity (Wildman–Crippen MR) is 59.4 cm³/mol. The highest BCUT2D eigenvalue weighted by molar-refractivity contribution is 6.17. The van der Waals surface area contributed by atoms with Crippen molar-refractivity contribution in [3.05, 3.63) is 47.5 Å². The molecule has 0 N–H and O–H groups in total. The molecule has 0 aliphatic heterocycles. The average molecular weight is 195 g/mol. The highest BCUT2D eigenvalue weighted by Gasteiger charge is 1.88. The second-order valence-electron chi connectivity index (χ2n) is 3.14. The number of hydrogen-bond donors (Lipinski definition) is 0. The van der Waals surface area contributed by atoms with Crippen LogP contribution in [-0.2, 0) is 6.42 Å². The van der Waals surface area contributed by atoms with Gasteiger partial charge in [-0.05, 0) is 25.3 Å². The van der Waals surface area contributed by atoms with Gasteiger partial charge in [0.15, 0.2) is 0 Å². The lowest BCUT2D eigenvalue weighted by atomic mass is 10.1. The molecule has 0 saturated heterocycles. The number of halogens is 1. The van der Waals surface area contributed by atoms with Gasteiger partial charge >= 0.3 is 0 Å². The third kappa shape index (κ3) is 4.14. The summed E-state index contributed by atoms with van der Waals surface area (Å²) >= 11 is 5.56. The van der Waals surface area contributed by atoms with E-state index in [1.807, 2.05) is 0 Å². The lowest BCUT2D eigenvalue weighted by Crippen LogP contribution is -1.81. The lowest BCUT2D eigenvalue weighted by Gasteiger charge is -1.97. The van der Waals surface area contributed by atoms with Crippen LogP contribution in [0.2, 0.25) is 0 Å². The predicted octanol–water partition coefficient (Wildman–Crippen LogP) is 3.72. The van der Waals surface area contributed by atoms with Crippen molar-refractivity contribution in [2.45, 2.75) is 19.8 Å². The minimum absolute atomic E-state index is 0.713. The lowest BCUT2D eigenvalue weighted by molar-refractivity contribution is 1.18. The Morgan fingerprint density at radius 1 is 1.31 bits per heavy atom. The van der Waals surface area contributed by atoms with Crippen LogP contribution in [0.25, 0.3) is 0 Å². The zero-order valence-electron chi connectivity index (χ0n) is 7.96. The van der Waals surface area contributed by atoms with E-state index in [1.165, 1.54) is 11.1 Å². The van der Waals surface area contributed by atoms with E-state index in [-0.39, 0.29) is 0 Å². The van der Waals surface area contributed by atoms with Gasteiger partial charge in [0.1, 0.15) is 0 Å². The van der Waals surface area contributed by atoms with Gasteiger partial charge in [-0.3, -0.25) is 0 Å². The maximum absolute atomic E-state index is 5.56. The smallest absolute Gasteiger partial charge is 0.0258 e. The summed E-state index contributed by atoms with van der Waals surface area (Å²) in [5.74, 6) is 0.713. The Hall–Kier alpha value is -0.750. The molecule has 13 heavy (non-hydrogen) atoms. The van der Waals surface area contributed by atoms with Gasteiger partial charge in [-0.2, -0.15) is 0 Å². The molecular formula is C12H15Cl. The second kappa shape index (κ2) is 5.82. The Morgan fingerprint density at radius 2 is 2.15 bits per heavy atom. The summed E-state index contributed by atoms with van der Waals surface area (Å²) in [6, 6.07) is 8.58. The zero-order valence-corrected chi connectivity index (χ0v) is 8.72. The van der Waals surface area contributed by atoms with Crippen LogP contribution in [0.15, 0.2) is 36.4 Å². The number of benzene rings is 1. The van der Waals surface area contributed by atoms with Gasteiger partial charge in [-0.15, -0.1) is 11.6 Å². The van der Waals surface area contributed by atoms with Crippen LogP contribution in [0.5, 0.6) is 0 Å². The highest BCUT2D eigenvalue weighted by atomic mass is 35.5. The SMILES string of the molecule is Cc1cccc(CC=CCCCl)c1. The summed E-state index contributed by atoms with van der Waals surface area (Å²) in [6.07, 6.45) is 6.29. The zero-order chi connectivity index (χ0) is 9.52. The van der Waals surface area contributed by atoms with Gasteiger partial charge in [-0.25, -0.2) is 0 Å². The molecule has 0 atom stereocenters. The molecule has 0 unspecified atom stereocenters. The van der Waals surface area contributed by atoms with Gasteiger partial charge in [0.2, 0.25) is 0 Å². The monoisotopic (exact) mass is 194 g/mol. The summed E-state index contributed by atoms with van der Waals surface area (Å²) in [5, 5.41) is 0. The van der Waals surface area contributed by atoms with Gasteiger partial charge in [-0.1, -0.05) is 42.0 Å². The molecule has 70 valence electrons. The first-order valence-corrected chi connectivity index (χ1v) is 5.13. The van der Waals surface area contributed by atoms with Gasteiger partial charge in [0, 0.05) is 5.88 Å². The van der Waals surface area contributed by atoms with Crippen LogP contribution in [-0.4, -0.2) is 5.88 Å². The highest BCUT2D eigenvalue weighted by Crippen LogP contribution is 2.05. The normalized spacial score (nSPS) is 10.9. The van der Waals surface area contributed by atoms with Crippen molar-refractivity contribution in [2.75, 3.05) is 5.88 Å². The van der Waals surface area contributed by atoms with Crippen LogP contribution in [0.4, 0.5) is 0 Å². The number of allylic oxidation sites excluding steroid dienone is 2. The molecule has 0 saturated carbocycles. The molecule has 1 aromatic rings. The fraction of sp³-hybridized carbons (Fsp3) is 0.333. The van der Waals surface area contributed by atoms with Crippen LogP contribution in [0.1, 0.15) is 17.5 Å². The van der Waals surface area contributed by atoms with E-state index in [2.05, 4.69) is 43.3 Å². The molecule has 0 bridgehead atoms. The first kappa shape index (κ1) is 10.3. The van der Waals surface area contributed by atoms with Crippen LogP contribution in [0, 0.1) is 6.92 Å². The van der Waals surface area contributed by atoms with Crippen molar-refractivity contribution in [1.29, 1.82) is 0 Å². The number of hydrogen-bond acceptors (Lipinski definition) is 0. The maximum Gasteiger partial charge on any atom is 0.0258 e. The minimum Gasteiger partial charge on any atom is -0.126 e. The van der Waals surface area contributed by atoms with Gasteiger partial charge in [0.25, 0.3) is 0 Å². The molecule has 0 aromatic heterocycles. The third-order valence-corrected chi connectivity index (χ3v) is 2.10. The van der Waals surface area contributed by atoms with E-state index in [0.717, 1.165) is 12.8 Å². The quantitative estimate of drug-likeness (QED) is 0.506. The van der Waals surface area contributed by atoms with Crippen molar-refractivity contribution < 1.29 is 0 Å². The van der Waals surface area contributed by atoms with E-state index < -0.39 is 0 Å². The Labute approximate surface area is 85.2 Å². The Kier molecular flexibility index (Phi) is 4.63. The fourth-order valence-electron chi connectivity index (χ4n) is 1.24. The Morgan fingerprint density at radius 3 is 2.85 bits per heavy atom. The molecule has 0 aliphatic carbocycles. The van der Waals surface area contributed by atoms with E-state index in [1.54, 1.807) is 0 Å². The molecule has 0 spiro atoms. The molecule has 0 amide bonds. The van der Waals surface area contributed by atoms with Gasteiger partial charge < -0.3 is 0 Å². The molecule has 1 rings (SSSR count). The average Bonchev–Trinajstić information content (AvgIpc) is 2.13. The number of alkyl halides is 1. The molecule has 0 aliphatic rings. The van der Waals surface area contributed by atoms with E-state index in [0.29, 0.717) is 5.88 Å². The molecule has 0 nitrogen and oxygen atoms in total. The van der Waals surface area contributed by atoms with E-state index in [9.17, 15) is 0 Å². The van der Waals surface area contributed by atoms with Crippen molar-refractivity contribution >= 4 is 11.6 Å². The molecule has 1 aromatic carbocycles. The summed E-state index contributed by atoms with van der Waals surface area (Å²) in [5.41, 5.74) is 2.69. The largest absolute Gasteiger partial charge is 0.126 e. The minimum atomic E-state index is 0.713. The summed E-state index contributed by atoms with van der Waals surface area (Å²) in [6.45, 7) is 2.12. The molecule has 0 radical (unpaired) electrons. The second-order valence-corrected chi connectivity index (χ2v) is 3.52. The molecule has 0 heterocycles. The van der Waals surface area contributed by atoms with Crippen molar-refractivity contribution in [3.8, 4) is 0 Å².